The normalized spacial score (nSPS) is 11.8. The van der Waals surface area contributed by atoms with E-state index in [4.69, 9.17) is 4.74 Å². The number of hydrogen-bond acceptors (Lipinski definition) is 2. The molecule has 138 valence electrons. The molecule has 1 N–H and O–H groups in total. The topological polar surface area (TPSA) is 38.3 Å². The molecule has 3 aromatic carbocycles. The first-order valence-electron chi connectivity index (χ1n) is 9.35. The van der Waals surface area contributed by atoms with Crippen molar-refractivity contribution in [3.05, 3.63) is 108 Å². The van der Waals surface area contributed by atoms with E-state index < -0.39 is 0 Å². The Labute approximate surface area is 161 Å². The average Bonchev–Trinajstić information content (AvgIpc) is 2.74. The zero-order chi connectivity index (χ0) is 18.9. The summed E-state index contributed by atoms with van der Waals surface area (Å²) in [6.45, 7) is 2.35. The maximum atomic E-state index is 12.4. The molecule has 0 aliphatic rings. The highest BCUT2D eigenvalue weighted by Crippen LogP contribution is 2.29. The Morgan fingerprint density at radius 1 is 0.815 bits per heavy atom. The van der Waals surface area contributed by atoms with Crippen LogP contribution in [0.3, 0.4) is 0 Å². The standard InChI is InChI=1S/C24H25NO2/c1-2-22(25-24(26)27-18-19-12-6-3-7-13-19)23(20-14-8-4-9-15-20)21-16-10-5-11-17-21/h3-17,22-23H,2,18H2,1H3,(H,25,26)/t22-/m1/s1. The molecule has 0 saturated heterocycles. The molecular weight excluding hydrogens is 334 g/mol. The van der Waals surface area contributed by atoms with E-state index in [9.17, 15) is 4.79 Å². The molecule has 3 nitrogen and oxygen atoms in total. The summed E-state index contributed by atoms with van der Waals surface area (Å²) in [6, 6.07) is 30.2. The highest BCUT2D eigenvalue weighted by atomic mass is 16.5. The number of benzene rings is 3. The Balaban J connectivity index is 1.74. The molecule has 0 aliphatic heterocycles. The van der Waals surface area contributed by atoms with Gasteiger partial charge in [-0.1, -0.05) is 97.9 Å². The molecule has 0 saturated carbocycles. The lowest BCUT2D eigenvalue weighted by molar-refractivity contribution is 0.134. The summed E-state index contributed by atoms with van der Waals surface area (Å²) in [5, 5.41) is 3.07. The van der Waals surface area contributed by atoms with E-state index in [2.05, 4.69) is 36.5 Å². The summed E-state index contributed by atoms with van der Waals surface area (Å²) in [6.07, 6.45) is 0.414. The molecule has 3 heteroatoms. The van der Waals surface area contributed by atoms with E-state index in [1.54, 1.807) is 0 Å². The number of carbonyl (C=O) groups is 1. The maximum Gasteiger partial charge on any atom is 0.407 e. The number of rotatable bonds is 7. The molecule has 0 aromatic heterocycles. The van der Waals surface area contributed by atoms with Crippen LogP contribution >= 0.6 is 0 Å². The van der Waals surface area contributed by atoms with E-state index in [0.717, 1.165) is 12.0 Å². The largest absolute Gasteiger partial charge is 0.445 e. The average molecular weight is 359 g/mol. The van der Waals surface area contributed by atoms with Gasteiger partial charge in [-0.15, -0.1) is 0 Å². The highest BCUT2D eigenvalue weighted by Gasteiger charge is 2.25. The zero-order valence-electron chi connectivity index (χ0n) is 15.5. The second kappa shape index (κ2) is 9.58. The van der Waals surface area contributed by atoms with E-state index in [-0.39, 0.29) is 24.7 Å². The van der Waals surface area contributed by atoms with E-state index in [0.29, 0.717) is 0 Å². The van der Waals surface area contributed by atoms with Crippen LogP contribution in [-0.4, -0.2) is 12.1 Å². The van der Waals surface area contributed by atoms with E-state index in [1.807, 2.05) is 66.7 Å². The number of alkyl carbamates (subject to hydrolysis) is 1. The minimum absolute atomic E-state index is 0.0573. The fourth-order valence-corrected chi connectivity index (χ4v) is 3.32. The molecule has 1 atom stereocenters. The number of nitrogens with one attached hydrogen (secondary N) is 1. The van der Waals surface area contributed by atoms with E-state index >= 15 is 0 Å². The first-order chi connectivity index (χ1) is 13.3. The Bertz CT molecular complexity index is 779. The molecule has 0 unspecified atom stereocenters. The van der Waals surface area contributed by atoms with Crippen molar-refractivity contribution in [3.63, 3.8) is 0 Å². The van der Waals surface area contributed by atoms with Gasteiger partial charge in [0.05, 0.1) is 0 Å². The molecule has 3 rings (SSSR count). The Morgan fingerprint density at radius 2 is 1.30 bits per heavy atom. The van der Waals surface area contributed by atoms with Gasteiger partial charge in [-0.25, -0.2) is 4.79 Å². The van der Waals surface area contributed by atoms with Crippen LogP contribution in [0.2, 0.25) is 0 Å². The van der Waals surface area contributed by atoms with Gasteiger partial charge in [0, 0.05) is 12.0 Å². The summed E-state index contributed by atoms with van der Waals surface area (Å²) in [5.74, 6) is 0.0710. The molecule has 0 radical (unpaired) electrons. The Kier molecular flexibility index (Phi) is 6.64. The molecule has 0 spiro atoms. The lowest BCUT2D eigenvalue weighted by Gasteiger charge is -2.28. The number of ether oxygens (including phenoxy) is 1. The van der Waals surface area contributed by atoms with E-state index in [1.165, 1.54) is 11.1 Å². The van der Waals surface area contributed by atoms with Gasteiger partial charge in [-0.2, -0.15) is 0 Å². The van der Waals surface area contributed by atoms with Gasteiger partial charge in [0.25, 0.3) is 0 Å². The molecular formula is C24H25NO2. The smallest absolute Gasteiger partial charge is 0.407 e. The number of carbonyl (C=O) groups excluding carboxylic acids is 1. The zero-order valence-corrected chi connectivity index (χ0v) is 15.5. The number of hydrogen-bond donors (Lipinski definition) is 1. The third-order valence-electron chi connectivity index (χ3n) is 4.68. The van der Waals surface area contributed by atoms with Gasteiger partial charge in [-0.05, 0) is 23.1 Å². The van der Waals surface area contributed by atoms with Crippen molar-refractivity contribution in [1.82, 2.24) is 5.32 Å². The predicted molar refractivity (Wildman–Crippen MR) is 109 cm³/mol. The minimum atomic E-state index is -0.387. The summed E-state index contributed by atoms with van der Waals surface area (Å²) in [4.78, 5) is 12.4. The molecule has 0 heterocycles. The number of amides is 1. The van der Waals surface area contributed by atoms with Crippen LogP contribution < -0.4 is 5.32 Å². The fraction of sp³-hybridized carbons (Fsp3) is 0.208. The van der Waals surface area contributed by atoms with Crippen molar-refractivity contribution in [3.8, 4) is 0 Å². The Hall–Kier alpha value is -3.07. The second-order valence-electron chi connectivity index (χ2n) is 6.52. The first-order valence-corrected chi connectivity index (χ1v) is 9.35. The lowest BCUT2D eigenvalue weighted by Crippen LogP contribution is -2.39. The maximum absolute atomic E-state index is 12.4. The quantitative estimate of drug-likeness (QED) is 0.603. The monoisotopic (exact) mass is 359 g/mol. The SMILES string of the molecule is CC[C@@H](NC(=O)OCc1ccccc1)C(c1ccccc1)c1ccccc1. The minimum Gasteiger partial charge on any atom is -0.445 e. The lowest BCUT2D eigenvalue weighted by atomic mass is 9.84. The van der Waals surface area contributed by atoms with Gasteiger partial charge in [0.1, 0.15) is 6.61 Å². The Morgan fingerprint density at radius 3 is 1.78 bits per heavy atom. The molecule has 0 fully saturated rings. The van der Waals surface area contributed by atoms with Crippen LogP contribution in [0.25, 0.3) is 0 Å². The van der Waals surface area contributed by atoms with Gasteiger partial charge < -0.3 is 10.1 Å². The van der Waals surface area contributed by atoms with Crippen molar-refractivity contribution >= 4 is 6.09 Å². The van der Waals surface area contributed by atoms with Crippen LogP contribution in [0.15, 0.2) is 91.0 Å². The molecule has 0 aliphatic carbocycles. The van der Waals surface area contributed by atoms with Crippen molar-refractivity contribution in [2.45, 2.75) is 31.9 Å². The van der Waals surface area contributed by atoms with Crippen molar-refractivity contribution < 1.29 is 9.53 Å². The van der Waals surface area contributed by atoms with Crippen molar-refractivity contribution in [1.29, 1.82) is 0 Å². The second-order valence-corrected chi connectivity index (χ2v) is 6.52. The predicted octanol–water partition coefficient (Wildman–Crippen LogP) is 5.52. The van der Waals surface area contributed by atoms with Crippen molar-refractivity contribution in [2.75, 3.05) is 0 Å². The highest BCUT2D eigenvalue weighted by molar-refractivity contribution is 5.68. The summed E-state index contributed by atoms with van der Waals surface area (Å²) in [7, 11) is 0. The van der Waals surface area contributed by atoms with Crippen LogP contribution in [0.4, 0.5) is 4.79 Å². The van der Waals surface area contributed by atoms with Crippen LogP contribution in [-0.2, 0) is 11.3 Å². The molecule has 3 aromatic rings. The molecule has 1 amide bonds. The first kappa shape index (κ1) is 18.7. The van der Waals surface area contributed by atoms with Crippen molar-refractivity contribution in [2.24, 2.45) is 0 Å². The van der Waals surface area contributed by atoms with Crippen LogP contribution in [0.5, 0.6) is 0 Å². The summed E-state index contributed by atoms with van der Waals surface area (Å²) >= 11 is 0. The van der Waals surface area contributed by atoms with Gasteiger partial charge in [-0.3, -0.25) is 0 Å². The van der Waals surface area contributed by atoms with Gasteiger partial charge in [0.15, 0.2) is 0 Å². The summed E-state index contributed by atoms with van der Waals surface area (Å²) < 4.78 is 5.43. The van der Waals surface area contributed by atoms with Crippen LogP contribution in [0, 0.1) is 0 Å². The van der Waals surface area contributed by atoms with Crippen LogP contribution in [0.1, 0.15) is 36.0 Å². The molecule has 0 bridgehead atoms. The van der Waals surface area contributed by atoms with Gasteiger partial charge >= 0.3 is 6.09 Å². The summed E-state index contributed by atoms with van der Waals surface area (Å²) in [5.41, 5.74) is 3.33. The van der Waals surface area contributed by atoms with Gasteiger partial charge in [0.2, 0.25) is 0 Å². The third-order valence-corrected chi connectivity index (χ3v) is 4.68. The fourth-order valence-electron chi connectivity index (χ4n) is 3.32. The third kappa shape index (κ3) is 5.20. The molecule has 27 heavy (non-hydrogen) atoms.